The molecule has 0 saturated carbocycles. The zero-order chi connectivity index (χ0) is 23.9. The first-order valence-corrected chi connectivity index (χ1v) is 11.9. The second kappa shape index (κ2) is 8.31. The highest BCUT2D eigenvalue weighted by atomic mass is 32.2. The SMILES string of the molecule is COc1ccc(N2CN(S(=O)(=O)c3ccc(NC(C)=O)cc3)c3nc4ccccc4nc32)cc1. The van der Waals surface area contributed by atoms with E-state index in [1.807, 2.05) is 30.3 Å². The number of carbonyl (C=O) groups is 1. The zero-order valence-electron chi connectivity index (χ0n) is 18.5. The molecule has 0 fully saturated rings. The van der Waals surface area contributed by atoms with E-state index in [0.29, 0.717) is 28.3 Å². The van der Waals surface area contributed by atoms with Crippen LogP contribution in [0.2, 0.25) is 0 Å². The molecule has 2 heterocycles. The molecule has 1 aromatic heterocycles. The highest BCUT2D eigenvalue weighted by Crippen LogP contribution is 2.41. The Morgan fingerprint density at radius 3 is 2.12 bits per heavy atom. The van der Waals surface area contributed by atoms with Gasteiger partial charge in [-0.3, -0.25) is 4.79 Å². The fourth-order valence-electron chi connectivity index (χ4n) is 3.79. The number of ether oxygens (including phenoxy) is 1. The molecule has 3 aromatic carbocycles. The van der Waals surface area contributed by atoms with Crippen LogP contribution in [-0.4, -0.2) is 38.1 Å². The van der Waals surface area contributed by atoms with Crippen molar-refractivity contribution in [3.05, 3.63) is 72.8 Å². The van der Waals surface area contributed by atoms with Crippen LogP contribution < -0.4 is 19.3 Å². The van der Waals surface area contributed by atoms with Gasteiger partial charge >= 0.3 is 0 Å². The highest BCUT2D eigenvalue weighted by Gasteiger charge is 2.38. The van der Waals surface area contributed by atoms with E-state index in [1.165, 1.54) is 23.4 Å². The van der Waals surface area contributed by atoms with E-state index in [-0.39, 0.29) is 23.3 Å². The van der Waals surface area contributed by atoms with Gasteiger partial charge in [0.2, 0.25) is 5.91 Å². The minimum Gasteiger partial charge on any atom is -0.497 e. The number of fused-ring (bicyclic) bond motifs is 2. The highest BCUT2D eigenvalue weighted by molar-refractivity contribution is 7.92. The third kappa shape index (κ3) is 3.77. The minimum atomic E-state index is -3.97. The lowest BCUT2D eigenvalue weighted by atomic mass is 10.2. The average molecular weight is 476 g/mol. The predicted molar refractivity (Wildman–Crippen MR) is 130 cm³/mol. The molecule has 1 amide bonds. The lowest BCUT2D eigenvalue weighted by Crippen LogP contribution is -2.34. The van der Waals surface area contributed by atoms with Gasteiger partial charge in [-0.2, -0.15) is 0 Å². The molecule has 0 spiro atoms. The Kier molecular flexibility index (Phi) is 5.29. The van der Waals surface area contributed by atoms with Gasteiger partial charge in [0.1, 0.15) is 12.4 Å². The minimum absolute atomic E-state index is 0.00770. The summed E-state index contributed by atoms with van der Waals surface area (Å²) >= 11 is 0. The third-order valence-electron chi connectivity index (χ3n) is 5.44. The van der Waals surface area contributed by atoms with Crippen molar-refractivity contribution < 1.29 is 17.9 Å². The maximum atomic E-state index is 13.7. The van der Waals surface area contributed by atoms with Gasteiger partial charge in [0.05, 0.1) is 23.0 Å². The predicted octanol–water partition coefficient (Wildman–Crippen LogP) is 3.90. The first-order valence-electron chi connectivity index (χ1n) is 10.5. The van der Waals surface area contributed by atoms with Crippen LogP contribution in [0.4, 0.5) is 23.0 Å². The Hall–Kier alpha value is -4.18. The molecule has 0 unspecified atom stereocenters. The molecule has 0 bridgehead atoms. The van der Waals surface area contributed by atoms with Crippen LogP contribution in [-0.2, 0) is 14.8 Å². The van der Waals surface area contributed by atoms with Crippen molar-refractivity contribution in [2.24, 2.45) is 0 Å². The number of hydrogen-bond donors (Lipinski definition) is 1. The molecule has 172 valence electrons. The molecular weight excluding hydrogens is 454 g/mol. The van der Waals surface area contributed by atoms with Crippen molar-refractivity contribution in [3.8, 4) is 5.75 Å². The van der Waals surface area contributed by atoms with E-state index >= 15 is 0 Å². The first-order chi connectivity index (χ1) is 16.4. The molecular formula is C24H21N5O4S. The third-order valence-corrected chi connectivity index (χ3v) is 7.18. The Bertz CT molecular complexity index is 1490. The van der Waals surface area contributed by atoms with E-state index in [1.54, 1.807) is 42.3 Å². The van der Waals surface area contributed by atoms with Crippen molar-refractivity contribution in [3.63, 3.8) is 0 Å². The number of benzene rings is 3. The van der Waals surface area contributed by atoms with Crippen LogP contribution in [0.15, 0.2) is 77.7 Å². The van der Waals surface area contributed by atoms with E-state index in [9.17, 15) is 13.2 Å². The van der Waals surface area contributed by atoms with E-state index in [4.69, 9.17) is 9.72 Å². The van der Waals surface area contributed by atoms with Crippen molar-refractivity contribution in [2.75, 3.05) is 28.3 Å². The van der Waals surface area contributed by atoms with Crippen LogP contribution in [0, 0.1) is 0 Å². The molecule has 0 aliphatic carbocycles. The van der Waals surface area contributed by atoms with Gasteiger partial charge in [-0.15, -0.1) is 0 Å². The van der Waals surface area contributed by atoms with Crippen molar-refractivity contribution in [1.29, 1.82) is 0 Å². The van der Waals surface area contributed by atoms with E-state index < -0.39 is 10.0 Å². The largest absolute Gasteiger partial charge is 0.497 e. The van der Waals surface area contributed by atoms with E-state index in [2.05, 4.69) is 10.3 Å². The molecule has 10 heteroatoms. The van der Waals surface area contributed by atoms with Crippen LogP contribution >= 0.6 is 0 Å². The van der Waals surface area contributed by atoms with Gasteiger partial charge in [0, 0.05) is 18.3 Å². The summed E-state index contributed by atoms with van der Waals surface area (Å²) < 4.78 is 33.8. The number of amides is 1. The summed E-state index contributed by atoms with van der Waals surface area (Å²) in [6.07, 6.45) is 0. The van der Waals surface area contributed by atoms with Gasteiger partial charge < -0.3 is 15.0 Å². The quantitative estimate of drug-likeness (QED) is 0.467. The second-order valence-corrected chi connectivity index (χ2v) is 9.55. The Labute approximate surface area is 196 Å². The number of aromatic nitrogens is 2. The zero-order valence-corrected chi connectivity index (χ0v) is 19.3. The Morgan fingerprint density at radius 1 is 0.912 bits per heavy atom. The summed E-state index contributed by atoms with van der Waals surface area (Å²) in [4.78, 5) is 22.6. The maximum Gasteiger partial charge on any atom is 0.267 e. The van der Waals surface area contributed by atoms with Gasteiger partial charge in [-0.25, -0.2) is 22.7 Å². The summed E-state index contributed by atoms with van der Waals surface area (Å²) in [6, 6.07) is 20.7. The fourth-order valence-corrected chi connectivity index (χ4v) is 5.14. The smallest absolute Gasteiger partial charge is 0.267 e. The molecule has 9 nitrogen and oxygen atoms in total. The van der Waals surface area contributed by atoms with Crippen molar-refractivity contribution in [1.82, 2.24) is 9.97 Å². The van der Waals surface area contributed by atoms with Crippen LogP contribution in [0.1, 0.15) is 6.92 Å². The molecule has 0 atom stereocenters. The molecule has 1 N–H and O–H groups in total. The summed E-state index contributed by atoms with van der Waals surface area (Å²) in [5.74, 6) is 1.15. The van der Waals surface area contributed by atoms with Crippen LogP contribution in [0.3, 0.4) is 0 Å². The standard InChI is InChI=1S/C24H21N5O4S/c1-16(30)25-17-7-13-20(14-8-17)34(31,32)29-15-28(18-9-11-19(33-2)12-10-18)23-24(29)27-22-6-4-3-5-21(22)26-23/h3-14H,15H2,1-2H3,(H,25,30). The molecule has 34 heavy (non-hydrogen) atoms. The summed E-state index contributed by atoms with van der Waals surface area (Å²) in [7, 11) is -2.38. The van der Waals surface area contributed by atoms with Gasteiger partial charge in [0.25, 0.3) is 10.0 Å². The number of carbonyl (C=O) groups excluding carboxylic acids is 1. The van der Waals surface area contributed by atoms with Crippen molar-refractivity contribution >= 4 is 50.0 Å². The topological polar surface area (TPSA) is 105 Å². The molecule has 5 rings (SSSR count). The average Bonchev–Trinajstić information content (AvgIpc) is 3.22. The number of nitrogens with one attached hydrogen (secondary N) is 1. The second-order valence-electron chi connectivity index (χ2n) is 7.69. The number of sulfonamides is 1. The number of anilines is 4. The number of nitrogens with zero attached hydrogens (tertiary/aromatic N) is 4. The maximum absolute atomic E-state index is 13.7. The van der Waals surface area contributed by atoms with Gasteiger partial charge in [0.15, 0.2) is 11.6 Å². The lowest BCUT2D eigenvalue weighted by molar-refractivity contribution is -0.114. The normalized spacial score (nSPS) is 13.1. The number of rotatable bonds is 5. The summed E-state index contributed by atoms with van der Waals surface area (Å²) in [5.41, 5.74) is 2.53. The summed E-state index contributed by atoms with van der Waals surface area (Å²) in [5, 5.41) is 2.64. The molecule has 1 aliphatic heterocycles. The number of methoxy groups -OCH3 is 1. The van der Waals surface area contributed by atoms with Crippen LogP contribution in [0.25, 0.3) is 11.0 Å². The van der Waals surface area contributed by atoms with Gasteiger partial charge in [-0.05, 0) is 60.7 Å². The first kappa shape index (κ1) is 21.7. The summed E-state index contributed by atoms with van der Waals surface area (Å²) in [6.45, 7) is 1.40. The Morgan fingerprint density at radius 2 is 1.53 bits per heavy atom. The fraction of sp³-hybridized carbons (Fsp3) is 0.125. The monoisotopic (exact) mass is 475 g/mol. The van der Waals surface area contributed by atoms with Gasteiger partial charge in [-0.1, -0.05) is 12.1 Å². The van der Waals surface area contributed by atoms with E-state index in [0.717, 1.165) is 5.69 Å². The Balaban J connectivity index is 1.60. The molecule has 4 aromatic rings. The molecule has 0 saturated heterocycles. The molecule has 1 aliphatic rings. The lowest BCUT2D eigenvalue weighted by Gasteiger charge is -2.21. The number of hydrogen-bond acceptors (Lipinski definition) is 7. The van der Waals surface area contributed by atoms with Crippen LogP contribution in [0.5, 0.6) is 5.75 Å². The van der Waals surface area contributed by atoms with Crippen molar-refractivity contribution in [2.45, 2.75) is 11.8 Å². The molecule has 0 radical (unpaired) electrons. The number of para-hydroxylation sites is 2.